The quantitative estimate of drug-likeness (QED) is 0.581. The van der Waals surface area contributed by atoms with Crippen molar-refractivity contribution in [2.75, 3.05) is 5.73 Å². The van der Waals surface area contributed by atoms with E-state index in [1.165, 1.54) is 12.1 Å². The number of anilines is 1. The van der Waals surface area contributed by atoms with Crippen LogP contribution in [0, 0.1) is 5.82 Å². The van der Waals surface area contributed by atoms with Crippen LogP contribution in [0.1, 0.15) is 0 Å². The van der Waals surface area contributed by atoms with Crippen molar-refractivity contribution in [2.45, 2.75) is 0 Å². The molecule has 0 radical (unpaired) electrons. The Balaban J connectivity index is 2.14. The summed E-state index contributed by atoms with van der Waals surface area (Å²) in [6, 6.07) is 12.2. The van der Waals surface area contributed by atoms with Crippen molar-refractivity contribution in [1.82, 2.24) is 14.5 Å². The van der Waals surface area contributed by atoms with Gasteiger partial charge in [0, 0.05) is 23.8 Å². The summed E-state index contributed by atoms with van der Waals surface area (Å²) in [6.45, 7) is 0. The molecule has 0 saturated heterocycles. The molecule has 0 spiro atoms. The molecule has 0 aliphatic rings. The lowest BCUT2D eigenvalue weighted by Crippen LogP contribution is -2.01. The van der Waals surface area contributed by atoms with Crippen molar-refractivity contribution in [3.8, 4) is 5.69 Å². The number of nitrogens with zero attached hydrogens (tertiary/aromatic N) is 3. The first-order chi connectivity index (χ1) is 10.2. The first-order valence-electron chi connectivity index (χ1n) is 6.50. The zero-order chi connectivity index (χ0) is 14.4. The minimum Gasteiger partial charge on any atom is -0.369 e. The van der Waals surface area contributed by atoms with Crippen LogP contribution in [0.5, 0.6) is 0 Å². The Labute approximate surface area is 119 Å². The average Bonchev–Trinajstić information content (AvgIpc) is 2.82. The number of hydrogen-bond acceptors (Lipinski definition) is 3. The Morgan fingerprint density at radius 3 is 2.90 bits per heavy atom. The van der Waals surface area contributed by atoms with Gasteiger partial charge in [0.2, 0.25) is 5.95 Å². The first-order valence-corrected chi connectivity index (χ1v) is 6.50. The highest BCUT2D eigenvalue weighted by Crippen LogP contribution is 2.28. The van der Waals surface area contributed by atoms with Gasteiger partial charge in [-0.25, -0.2) is 9.37 Å². The normalized spacial score (nSPS) is 11.3. The van der Waals surface area contributed by atoms with Crippen LogP contribution in [0.2, 0.25) is 0 Å². The highest BCUT2D eigenvalue weighted by molar-refractivity contribution is 5.92. The predicted octanol–water partition coefficient (Wildman–Crippen LogP) is 3.30. The Morgan fingerprint density at radius 2 is 2.00 bits per heavy atom. The number of rotatable bonds is 1. The summed E-state index contributed by atoms with van der Waals surface area (Å²) in [6.07, 6.45) is 3.51. The first kappa shape index (κ1) is 11.8. The Morgan fingerprint density at radius 1 is 1.10 bits per heavy atom. The van der Waals surface area contributed by atoms with Crippen molar-refractivity contribution in [3.63, 3.8) is 0 Å². The molecule has 5 heteroatoms. The third-order valence-electron chi connectivity index (χ3n) is 3.54. The second kappa shape index (κ2) is 4.28. The van der Waals surface area contributed by atoms with E-state index < -0.39 is 0 Å². The summed E-state index contributed by atoms with van der Waals surface area (Å²) in [4.78, 5) is 8.45. The smallest absolute Gasteiger partial charge is 0.205 e. The summed E-state index contributed by atoms with van der Waals surface area (Å²) in [5.74, 6) is 0.00830. The predicted molar refractivity (Wildman–Crippen MR) is 80.7 cm³/mol. The van der Waals surface area contributed by atoms with Gasteiger partial charge in [-0.05, 0) is 29.7 Å². The molecule has 21 heavy (non-hydrogen) atoms. The standard InChI is InChI=1S/C16H11FN4/c17-11-4-5-13-15(8-11)21(16(18)20-13)14-3-1-2-10-6-7-19-9-12(10)14/h1-9H,(H2,18,20). The number of benzene rings is 2. The maximum absolute atomic E-state index is 13.6. The third-order valence-corrected chi connectivity index (χ3v) is 3.54. The van der Waals surface area contributed by atoms with Crippen molar-refractivity contribution in [2.24, 2.45) is 0 Å². The fourth-order valence-electron chi connectivity index (χ4n) is 2.61. The number of fused-ring (bicyclic) bond motifs is 2. The molecule has 0 saturated carbocycles. The maximum Gasteiger partial charge on any atom is 0.205 e. The van der Waals surface area contributed by atoms with Gasteiger partial charge in [-0.3, -0.25) is 9.55 Å². The molecule has 4 aromatic rings. The van der Waals surface area contributed by atoms with E-state index >= 15 is 0 Å². The minimum atomic E-state index is -0.318. The van der Waals surface area contributed by atoms with Gasteiger partial charge in [-0.15, -0.1) is 0 Å². The Hall–Kier alpha value is -2.95. The summed E-state index contributed by atoms with van der Waals surface area (Å²) < 4.78 is 15.3. The van der Waals surface area contributed by atoms with Crippen LogP contribution < -0.4 is 5.73 Å². The van der Waals surface area contributed by atoms with Gasteiger partial charge in [-0.1, -0.05) is 12.1 Å². The molecule has 2 heterocycles. The fraction of sp³-hybridized carbons (Fsp3) is 0. The molecule has 102 valence electrons. The van der Waals surface area contributed by atoms with Gasteiger partial charge in [-0.2, -0.15) is 0 Å². The second-order valence-electron chi connectivity index (χ2n) is 4.81. The molecule has 0 fully saturated rings. The number of imidazole rings is 1. The van der Waals surface area contributed by atoms with Crippen LogP contribution in [-0.2, 0) is 0 Å². The number of hydrogen-bond donors (Lipinski definition) is 1. The van der Waals surface area contributed by atoms with Crippen molar-refractivity contribution < 1.29 is 4.39 Å². The molecule has 0 bridgehead atoms. The fourth-order valence-corrected chi connectivity index (χ4v) is 2.61. The number of halogens is 1. The minimum absolute atomic E-state index is 0.318. The average molecular weight is 278 g/mol. The molecule has 4 nitrogen and oxygen atoms in total. The largest absolute Gasteiger partial charge is 0.369 e. The van der Waals surface area contributed by atoms with E-state index in [0.717, 1.165) is 16.5 Å². The molecule has 0 aliphatic carbocycles. The van der Waals surface area contributed by atoms with Crippen molar-refractivity contribution in [1.29, 1.82) is 0 Å². The lowest BCUT2D eigenvalue weighted by Gasteiger charge is -2.10. The monoisotopic (exact) mass is 278 g/mol. The number of pyridine rings is 1. The molecule has 4 rings (SSSR count). The Kier molecular flexibility index (Phi) is 2.41. The molecule has 0 amide bonds. The van der Waals surface area contributed by atoms with Gasteiger partial charge in [0.25, 0.3) is 0 Å². The summed E-state index contributed by atoms with van der Waals surface area (Å²) in [5, 5.41) is 1.98. The van der Waals surface area contributed by atoms with Gasteiger partial charge in [0.05, 0.1) is 16.7 Å². The van der Waals surface area contributed by atoms with E-state index in [1.807, 2.05) is 24.3 Å². The van der Waals surface area contributed by atoms with Gasteiger partial charge in [0.15, 0.2) is 0 Å². The lowest BCUT2D eigenvalue weighted by atomic mass is 10.1. The number of nitrogens with two attached hydrogens (primary N) is 1. The SMILES string of the molecule is Nc1nc2ccc(F)cc2n1-c1cccc2ccncc12. The van der Waals surface area contributed by atoms with E-state index in [9.17, 15) is 4.39 Å². The van der Waals surface area contributed by atoms with Crippen LogP contribution in [0.15, 0.2) is 54.9 Å². The van der Waals surface area contributed by atoms with E-state index in [4.69, 9.17) is 5.73 Å². The van der Waals surface area contributed by atoms with Crippen LogP contribution >= 0.6 is 0 Å². The molecule has 2 N–H and O–H groups in total. The highest BCUT2D eigenvalue weighted by atomic mass is 19.1. The molecule has 2 aromatic heterocycles. The van der Waals surface area contributed by atoms with E-state index in [-0.39, 0.29) is 5.82 Å². The van der Waals surface area contributed by atoms with Crippen LogP contribution in [-0.4, -0.2) is 14.5 Å². The summed E-state index contributed by atoms with van der Waals surface area (Å²) >= 11 is 0. The molecular weight excluding hydrogens is 267 g/mol. The van der Waals surface area contributed by atoms with E-state index in [0.29, 0.717) is 17.0 Å². The lowest BCUT2D eigenvalue weighted by molar-refractivity contribution is 0.629. The topological polar surface area (TPSA) is 56.7 Å². The number of nitrogen functional groups attached to an aromatic ring is 1. The Bertz CT molecular complexity index is 969. The summed E-state index contributed by atoms with van der Waals surface area (Å²) in [5.41, 5.74) is 8.18. The van der Waals surface area contributed by atoms with Crippen LogP contribution in [0.25, 0.3) is 27.5 Å². The van der Waals surface area contributed by atoms with Crippen LogP contribution in [0.4, 0.5) is 10.3 Å². The van der Waals surface area contributed by atoms with Crippen molar-refractivity contribution in [3.05, 3.63) is 60.7 Å². The van der Waals surface area contributed by atoms with Gasteiger partial charge >= 0.3 is 0 Å². The highest BCUT2D eigenvalue weighted by Gasteiger charge is 2.13. The van der Waals surface area contributed by atoms with Gasteiger partial charge in [0.1, 0.15) is 5.82 Å². The van der Waals surface area contributed by atoms with E-state index in [1.54, 1.807) is 23.0 Å². The molecule has 0 aliphatic heterocycles. The van der Waals surface area contributed by atoms with Crippen molar-refractivity contribution >= 4 is 27.8 Å². The molecule has 2 aromatic carbocycles. The molecule has 0 unspecified atom stereocenters. The van der Waals surface area contributed by atoms with Gasteiger partial charge < -0.3 is 5.73 Å². The molecular formula is C16H11FN4. The molecule has 0 atom stereocenters. The maximum atomic E-state index is 13.6. The number of aromatic nitrogens is 3. The van der Waals surface area contributed by atoms with Crippen LogP contribution in [0.3, 0.4) is 0 Å². The summed E-state index contributed by atoms with van der Waals surface area (Å²) in [7, 11) is 0. The zero-order valence-electron chi connectivity index (χ0n) is 11.0. The second-order valence-corrected chi connectivity index (χ2v) is 4.81. The zero-order valence-corrected chi connectivity index (χ0v) is 11.0. The third kappa shape index (κ3) is 1.74. The van der Waals surface area contributed by atoms with E-state index in [2.05, 4.69) is 9.97 Å².